The summed E-state index contributed by atoms with van der Waals surface area (Å²) >= 11 is 0. The van der Waals surface area contributed by atoms with Crippen LogP contribution in [0.1, 0.15) is 0 Å². The third-order valence-corrected chi connectivity index (χ3v) is 0.905. The van der Waals surface area contributed by atoms with Crippen molar-refractivity contribution in [1.29, 1.82) is 0 Å². The number of rotatable bonds is 2. The Kier molecular flexibility index (Phi) is 6.61. The van der Waals surface area contributed by atoms with Gasteiger partial charge >= 0.3 is 5.97 Å². The number of carbonyl (C=O) groups excluding carboxylic acids is 1. The van der Waals surface area contributed by atoms with Gasteiger partial charge in [0.25, 0.3) is 0 Å². The maximum atomic E-state index is 10.5. The van der Waals surface area contributed by atoms with E-state index >= 15 is 0 Å². The Balaban J connectivity index is 3.73. The van der Waals surface area contributed by atoms with E-state index in [1.54, 1.807) is 6.08 Å². The molecule has 0 aliphatic heterocycles. The predicted molar refractivity (Wildman–Crippen MR) is 45.2 cm³/mol. The molecule has 0 aromatic heterocycles. The van der Waals surface area contributed by atoms with Crippen molar-refractivity contribution in [3.05, 3.63) is 24.3 Å². The fourth-order valence-electron chi connectivity index (χ4n) is 0.410. The molecule has 64 valence electrons. The Labute approximate surface area is 71.3 Å². The zero-order chi connectivity index (χ0) is 9.23. The zero-order valence-electron chi connectivity index (χ0n) is 6.78. The molecular formula is C9H10O3. The first kappa shape index (κ1) is 10.5. The number of methoxy groups -OCH3 is 1. The molecule has 0 saturated heterocycles. The SMILES string of the molecule is COC(=O)/C=C/C=C/C#CCO. The van der Waals surface area contributed by atoms with Crippen LogP contribution < -0.4 is 0 Å². The third-order valence-electron chi connectivity index (χ3n) is 0.905. The van der Waals surface area contributed by atoms with E-state index in [-0.39, 0.29) is 6.61 Å². The quantitative estimate of drug-likeness (QED) is 0.277. The van der Waals surface area contributed by atoms with Gasteiger partial charge in [-0.1, -0.05) is 24.0 Å². The lowest BCUT2D eigenvalue weighted by atomic mass is 10.4. The third kappa shape index (κ3) is 6.59. The summed E-state index contributed by atoms with van der Waals surface area (Å²) in [6.07, 6.45) is 5.89. The van der Waals surface area contributed by atoms with E-state index in [4.69, 9.17) is 5.11 Å². The number of aliphatic hydroxyl groups is 1. The minimum Gasteiger partial charge on any atom is -0.466 e. The summed E-state index contributed by atoms with van der Waals surface area (Å²) in [6.45, 7) is -0.162. The van der Waals surface area contributed by atoms with Crippen molar-refractivity contribution in [2.45, 2.75) is 0 Å². The molecule has 0 atom stereocenters. The lowest BCUT2D eigenvalue weighted by Crippen LogP contribution is -1.92. The highest BCUT2D eigenvalue weighted by Gasteiger charge is 1.85. The normalized spacial score (nSPS) is 9.83. The van der Waals surface area contributed by atoms with E-state index < -0.39 is 5.97 Å². The van der Waals surface area contributed by atoms with Crippen LogP contribution in [-0.2, 0) is 9.53 Å². The van der Waals surface area contributed by atoms with Gasteiger partial charge in [-0.15, -0.1) is 0 Å². The Hall–Kier alpha value is -1.53. The standard InChI is InChI=1S/C9H10O3/c1-12-9(11)7-5-3-2-4-6-8-10/h2-3,5,7,10H,8H2,1H3/b3-2+,7-5+. The topological polar surface area (TPSA) is 46.5 Å². The minimum atomic E-state index is -0.408. The second-order valence-electron chi connectivity index (χ2n) is 1.72. The van der Waals surface area contributed by atoms with Crippen LogP contribution in [0.2, 0.25) is 0 Å². The van der Waals surface area contributed by atoms with Gasteiger partial charge in [0.15, 0.2) is 0 Å². The van der Waals surface area contributed by atoms with Crippen LogP contribution in [0.4, 0.5) is 0 Å². The average molecular weight is 166 g/mol. The molecule has 0 unspecified atom stereocenters. The van der Waals surface area contributed by atoms with Gasteiger partial charge in [0.05, 0.1) is 7.11 Å². The van der Waals surface area contributed by atoms with Crippen LogP contribution in [0.3, 0.4) is 0 Å². The van der Waals surface area contributed by atoms with E-state index in [1.165, 1.54) is 25.3 Å². The van der Waals surface area contributed by atoms with E-state index in [1.807, 2.05) is 0 Å². The summed E-state index contributed by atoms with van der Waals surface area (Å²) in [5.41, 5.74) is 0. The fourth-order valence-corrected chi connectivity index (χ4v) is 0.410. The predicted octanol–water partition coefficient (Wildman–Crippen LogP) is 0.267. The van der Waals surface area contributed by atoms with Gasteiger partial charge in [-0.05, 0) is 6.08 Å². The monoisotopic (exact) mass is 166 g/mol. The van der Waals surface area contributed by atoms with Crippen molar-refractivity contribution in [3.8, 4) is 11.8 Å². The second kappa shape index (κ2) is 7.58. The highest BCUT2D eigenvalue weighted by Crippen LogP contribution is 1.79. The van der Waals surface area contributed by atoms with Crippen LogP contribution in [0.25, 0.3) is 0 Å². The van der Waals surface area contributed by atoms with Crippen molar-refractivity contribution in [3.63, 3.8) is 0 Å². The first-order valence-corrected chi connectivity index (χ1v) is 3.31. The molecular weight excluding hydrogens is 156 g/mol. The summed E-state index contributed by atoms with van der Waals surface area (Å²) in [4.78, 5) is 10.5. The molecule has 0 rings (SSSR count). The van der Waals surface area contributed by atoms with Crippen molar-refractivity contribution < 1.29 is 14.6 Å². The molecule has 1 N–H and O–H groups in total. The summed E-state index contributed by atoms with van der Waals surface area (Å²) in [5, 5.41) is 8.25. The van der Waals surface area contributed by atoms with Gasteiger partial charge in [-0.2, -0.15) is 0 Å². The number of carbonyl (C=O) groups is 1. The van der Waals surface area contributed by atoms with Crippen LogP contribution in [0.15, 0.2) is 24.3 Å². The first-order valence-electron chi connectivity index (χ1n) is 3.31. The van der Waals surface area contributed by atoms with Gasteiger partial charge in [0, 0.05) is 6.08 Å². The molecule has 0 fully saturated rings. The van der Waals surface area contributed by atoms with Crippen LogP contribution in [0, 0.1) is 11.8 Å². The molecule has 0 aromatic rings. The number of allylic oxidation sites excluding steroid dienone is 3. The lowest BCUT2D eigenvalue weighted by molar-refractivity contribution is -0.134. The van der Waals surface area contributed by atoms with Crippen molar-refractivity contribution >= 4 is 5.97 Å². The Morgan fingerprint density at radius 2 is 2.33 bits per heavy atom. The maximum Gasteiger partial charge on any atom is 0.330 e. The van der Waals surface area contributed by atoms with Crippen molar-refractivity contribution in [1.82, 2.24) is 0 Å². The molecule has 12 heavy (non-hydrogen) atoms. The molecule has 0 saturated carbocycles. The van der Waals surface area contributed by atoms with E-state index in [2.05, 4.69) is 16.6 Å². The Morgan fingerprint density at radius 1 is 1.58 bits per heavy atom. The highest BCUT2D eigenvalue weighted by molar-refractivity contribution is 5.82. The van der Waals surface area contributed by atoms with E-state index in [0.29, 0.717) is 0 Å². The summed E-state index contributed by atoms with van der Waals surface area (Å²) in [5.74, 6) is 4.55. The highest BCUT2D eigenvalue weighted by atomic mass is 16.5. The van der Waals surface area contributed by atoms with Crippen LogP contribution in [0.5, 0.6) is 0 Å². The van der Waals surface area contributed by atoms with Crippen molar-refractivity contribution in [2.75, 3.05) is 13.7 Å². The number of aliphatic hydroxyl groups excluding tert-OH is 1. The van der Waals surface area contributed by atoms with Gasteiger partial charge in [0.2, 0.25) is 0 Å². The summed E-state index contributed by atoms with van der Waals surface area (Å²) in [7, 11) is 1.31. The number of hydrogen-bond acceptors (Lipinski definition) is 3. The minimum absolute atomic E-state index is 0.162. The Morgan fingerprint density at radius 3 is 2.92 bits per heavy atom. The van der Waals surface area contributed by atoms with Crippen molar-refractivity contribution in [2.24, 2.45) is 0 Å². The molecule has 0 heterocycles. The van der Waals surface area contributed by atoms with E-state index in [0.717, 1.165) is 0 Å². The van der Waals surface area contributed by atoms with Crippen LogP contribution >= 0.6 is 0 Å². The summed E-state index contributed by atoms with van der Waals surface area (Å²) < 4.78 is 4.34. The summed E-state index contributed by atoms with van der Waals surface area (Å²) in [6, 6.07) is 0. The second-order valence-corrected chi connectivity index (χ2v) is 1.72. The smallest absolute Gasteiger partial charge is 0.330 e. The maximum absolute atomic E-state index is 10.5. The van der Waals surface area contributed by atoms with E-state index in [9.17, 15) is 4.79 Å². The largest absolute Gasteiger partial charge is 0.466 e. The number of ether oxygens (including phenoxy) is 1. The molecule has 0 aliphatic rings. The average Bonchev–Trinajstić information content (AvgIpc) is 2.10. The lowest BCUT2D eigenvalue weighted by Gasteiger charge is -1.85. The molecule has 0 bridgehead atoms. The molecule has 0 aromatic carbocycles. The molecule has 0 amide bonds. The molecule has 0 aliphatic carbocycles. The van der Waals surface area contributed by atoms with Crippen LogP contribution in [-0.4, -0.2) is 24.8 Å². The van der Waals surface area contributed by atoms with Gasteiger partial charge in [0.1, 0.15) is 6.61 Å². The molecule has 0 radical (unpaired) electrons. The van der Waals surface area contributed by atoms with Gasteiger partial charge < -0.3 is 9.84 Å². The van der Waals surface area contributed by atoms with Gasteiger partial charge in [-0.3, -0.25) is 0 Å². The zero-order valence-corrected chi connectivity index (χ0v) is 6.78. The first-order chi connectivity index (χ1) is 5.81. The molecule has 3 heteroatoms. The molecule has 3 nitrogen and oxygen atoms in total. The fraction of sp³-hybridized carbons (Fsp3) is 0.222. The number of hydrogen-bond donors (Lipinski definition) is 1. The Bertz CT molecular complexity index is 240. The molecule has 0 spiro atoms. The number of esters is 1. The van der Waals surface area contributed by atoms with Gasteiger partial charge in [-0.25, -0.2) is 4.79 Å².